The molecule has 1 aliphatic heterocycles. The van der Waals surface area contributed by atoms with Crippen LogP contribution >= 0.6 is 0 Å². The summed E-state index contributed by atoms with van der Waals surface area (Å²) in [6, 6.07) is 6.77. The Morgan fingerprint density at radius 2 is 1.90 bits per heavy atom. The quantitative estimate of drug-likeness (QED) is 0.705. The molecule has 0 radical (unpaired) electrons. The molecule has 1 N–H and O–H groups in total. The van der Waals surface area contributed by atoms with Crippen molar-refractivity contribution in [2.75, 3.05) is 16.8 Å². The highest BCUT2D eigenvalue weighted by Gasteiger charge is 2.36. The van der Waals surface area contributed by atoms with Crippen molar-refractivity contribution < 1.29 is 22.8 Å². The number of nitrogens with zero attached hydrogens (tertiary/aromatic N) is 5. The van der Waals surface area contributed by atoms with Gasteiger partial charge in [-0.2, -0.15) is 4.68 Å². The smallest absolute Gasteiger partial charge is 0.229 e. The van der Waals surface area contributed by atoms with Crippen LogP contribution in [0.3, 0.4) is 0 Å². The summed E-state index contributed by atoms with van der Waals surface area (Å²) in [5.74, 6) is -3.57. The number of hydrogen-bond donors (Lipinski definition) is 1. The molecule has 0 spiro atoms. The summed E-state index contributed by atoms with van der Waals surface area (Å²) in [6.45, 7) is 1.53. The number of rotatable bonds is 4. The Hall–Kier alpha value is -3.76. The van der Waals surface area contributed by atoms with Crippen LogP contribution < -0.4 is 10.2 Å². The second-order valence-electron chi connectivity index (χ2n) is 6.79. The normalized spacial score (nSPS) is 16.2. The van der Waals surface area contributed by atoms with Crippen molar-refractivity contribution in [1.82, 2.24) is 20.2 Å². The van der Waals surface area contributed by atoms with Crippen LogP contribution in [0.4, 0.5) is 24.5 Å². The lowest BCUT2D eigenvalue weighted by Crippen LogP contribution is -2.28. The van der Waals surface area contributed by atoms with Crippen LogP contribution in [0.25, 0.3) is 5.69 Å². The van der Waals surface area contributed by atoms with Crippen molar-refractivity contribution in [3.63, 3.8) is 0 Å². The van der Waals surface area contributed by atoms with E-state index in [2.05, 4.69) is 20.8 Å². The Morgan fingerprint density at radius 3 is 2.60 bits per heavy atom. The molecule has 1 fully saturated rings. The fourth-order valence-electron chi connectivity index (χ4n) is 3.27. The number of nitrogens with one attached hydrogen (secondary N) is 1. The minimum Gasteiger partial charge on any atom is -0.326 e. The highest BCUT2D eigenvalue weighted by molar-refractivity contribution is 6.03. The zero-order chi connectivity index (χ0) is 21.4. The van der Waals surface area contributed by atoms with Crippen LogP contribution in [0.2, 0.25) is 0 Å². The van der Waals surface area contributed by atoms with Crippen molar-refractivity contribution >= 4 is 23.2 Å². The molecule has 2 amide bonds. The Labute approximate surface area is 168 Å². The highest BCUT2D eigenvalue weighted by Crippen LogP contribution is 2.29. The Balaban J connectivity index is 1.51. The molecule has 2 aromatic carbocycles. The van der Waals surface area contributed by atoms with E-state index in [9.17, 15) is 22.8 Å². The number of aromatic nitrogens is 4. The molecule has 1 aliphatic rings. The SMILES string of the molecule is Cc1nnnn1-c1cc(NC(=O)C2CC(=O)N(c3ccc(F)cc3F)C2)ccc1F. The first kappa shape index (κ1) is 19.6. The van der Waals surface area contributed by atoms with Gasteiger partial charge in [0.2, 0.25) is 11.8 Å². The molecule has 0 bridgehead atoms. The molecule has 0 aliphatic carbocycles. The van der Waals surface area contributed by atoms with Crippen LogP contribution in [-0.4, -0.2) is 38.6 Å². The summed E-state index contributed by atoms with van der Waals surface area (Å²) < 4.78 is 42.5. The number of carbonyl (C=O) groups is 2. The van der Waals surface area contributed by atoms with E-state index in [-0.39, 0.29) is 30.0 Å². The largest absolute Gasteiger partial charge is 0.326 e. The van der Waals surface area contributed by atoms with Crippen LogP contribution in [0.15, 0.2) is 36.4 Å². The van der Waals surface area contributed by atoms with E-state index in [1.165, 1.54) is 16.8 Å². The minimum atomic E-state index is -0.885. The molecule has 8 nitrogen and oxygen atoms in total. The Bertz CT molecular complexity index is 1150. The van der Waals surface area contributed by atoms with E-state index >= 15 is 0 Å². The van der Waals surface area contributed by atoms with Gasteiger partial charge in [0.05, 0.1) is 11.6 Å². The number of amides is 2. The number of benzene rings is 2. The van der Waals surface area contributed by atoms with Crippen molar-refractivity contribution in [3.05, 3.63) is 59.7 Å². The molecular weight excluding hydrogens is 401 g/mol. The van der Waals surface area contributed by atoms with Gasteiger partial charge in [0, 0.05) is 24.7 Å². The van der Waals surface area contributed by atoms with Gasteiger partial charge in [0.1, 0.15) is 23.1 Å². The molecule has 1 atom stereocenters. The Kier molecular flexibility index (Phi) is 4.94. The van der Waals surface area contributed by atoms with Crippen molar-refractivity contribution in [1.29, 1.82) is 0 Å². The second kappa shape index (κ2) is 7.58. The van der Waals surface area contributed by atoms with Gasteiger partial charge in [-0.25, -0.2) is 13.2 Å². The molecular formula is C19H15F3N6O2. The lowest BCUT2D eigenvalue weighted by Gasteiger charge is -2.17. The van der Waals surface area contributed by atoms with Gasteiger partial charge in [-0.3, -0.25) is 9.59 Å². The van der Waals surface area contributed by atoms with Gasteiger partial charge in [-0.15, -0.1) is 5.10 Å². The highest BCUT2D eigenvalue weighted by atomic mass is 19.1. The first-order chi connectivity index (χ1) is 14.3. The zero-order valence-corrected chi connectivity index (χ0v) is 15.6. The lowest BCUT2D eigenvalue weighted by molar-refractivity contribution is -0.122. The average molecular weight is 416 g/mol. The molecule has 1 aromatic heterocycles. The predicted octanol–water partition coefficient (Wildman–Crippen LogP) is 2.38. The topological polar surface area (TPSA) is 93.0 Å². The van der Waals surface area contributed by atoms with Gasteiger partial charge in [0.25, 0.3) is 0 Å². The van der Waals surface area contributed by atoms with E-state index in [0.717, 1.165) is 23.1 Å². The first-order valence-corrected chi connectivity index (χ1v) is 8.94. The monoisotopic (exact) mass is 416 g/mol. The van der Waals surface area contributed by atoms with E-state index in [1.807, 2.05) is 0 Å². The maximum atomic E-state index is 14.2. The van der Waals surface area contributed by atoms with Gasteiger partial charge in [-0.05, 0) is 47.7 Å². The standard InChI is InChI=1S/C19H15F3N6O2/c1-10-24-25-26-28(10)17-8-13(3-4-14(17)21)23-19(30)11-6-18(29)27(9-11)16-5-2-12(20)7-15(16)22/h2-5,7-8,11H,6,9H2,1H3,(H,23,30). The van der Waals surface area contributed by atoms with E-state index in [0.29, 0.717) is 11.9 Å². The minimum absolute atomic E-state index is 0.0489. The van der Waals surface area contributed by atoms with Crippen LogP contribution in [0, 0.1) is 30.3 Å². The second-order valence-corrected chi connectivity index (χ2v) is 6.79. The van der Waals surface area contributed by atoms with E-state index < -0.39 is 35.2 Å². The number of hydrogen-bond acceptors (Lipinski definition) is 5. The number of tetrazole rings is 1. The summed E-state index contributed by atoms with van der Waals surface area (Å²) in [5, 5.41) is 13.5. The molecule has 0 saturated carbocycles. The summed E-state index contributed by atoms with van der Waals surface area (Å²) in [6.07, 6.45) is -0.136. The maximum Gasteiger partial charge on any atom is 0.229 e. The third kappa shape index (κ3) is 3.61. The van der Waals surface area contributed by atoms with Crippen LogP contribution in [0.5, 0.6) is 0 Å². The Morgan fingerprint density at radius 1 is 1.10 bits per heavy atom. The molecule has 4 rings (SSSR count). The number of aryl methyl sites for hydroxylation is 1. The molecule has 11 heteroatoms. The van der Waals surface area contributed by atoms with Gasteiger partial charge in [-0.1, -0.05) is 0 Å². The third-order valence-corrected chi connectivity index (χ3v) is 4.76. The summed E-state index contributed by atoms with van der Waals surface area (Å²) in [5.41, 5.74) is 0.243. The third-order valence-electron chi connectivity index (χ3n) is 4.76. The van der Waals surface area contributed by atoms with Crippen molar-refractivity contribution in [3.8, 4) is 5.69 Å². The fourth-order valence-corrected chi connectivity index (χ4v) is 3.27. The van der Waals surface area contributed by atoms with Crippen LogP contribution in [-0.2, 0) is 9.59 Å². The number of carbonyl (C=O) groups excluding carboxylic acids is 2. The zero-order valence-electron chi connectivity index (χ0n) is 15.6. The molecule has 3 aromatic rings. The van der Waals surface area contributed by atoms with Crippen LogP contribution in [0.1, 0.15) is 12.2 Å². The maximum absolute atomic E-state index is 14.2. The summed E-state index contributed by atoms with van der Waals surface area (Å²) >= 11 is 0. The van der Waals surface area contributed by atoms with Crippen molar-refractivity contribution in [2.24, 2.45) is 5.92 Å². The summed E-state index contributed by atoms with van der Waals surface area (Å²) in [4.78, 5) is 26.0. The van der Waals surface area contributed by atoms with E-state index in [1.54, 1.807) is 6.92 Å². The number of anilines is 2. The van der Waals surface area contributed by atoms with E-state index in [4.69, 9.17) is 0 Å². The van der Waals surface area contributed by atoms with Gasteiger partial charge >= 0.3 is 0 Å². The first-order valence-electron chi connectivity index (χ1n) is 8.94. The fraction of sp³-hybridized carbons (Fsp3) is 0.211. The molecule has 1 unspecified atom stereocenters. The lowest BCUT2D eigenvalue weighted by atomic mass is 10.1. The number of halogens is 3. The molecule has 154 valence electrons. The van der Waals surface area contributed by atoms with Gasteiger partial charge < -0.3 is 10.2 Å². The summed E-state index contributed by atoms with van der Waals surface area (Å²) in [7, 11) is 0. The molecule has 1 saturated heterocycles. The molecule has 30 heavy (non-hydrogen) atoms. The predicted molar refractivity (Wildman–Crippen MR) is 99.3 cm³/mol. The van der Waals surface area contributed by atoms with Gasteiger partial charge in [0.15, 0.2) is 5.82 Å². The van der Waals surface area contributed by atoms with Crippen molar-refractivity contribution in [2.45, 2.75) is 13.3 Å². The average Bonchev–Trinajstić information content (AvgIpc) is 3.29. The molecule has 2 heterocycles.